The highest BCUT2D eigenvalue weighted by atomic mass is 35.5. The topological polar surface area (TPSA) is 47.0 Å². The maximum atomic E-state index is 6.26. The van der Waals surface area contributed by atoms with E-state index in [2.05, 4.69) is 15.3 Å². The zero-order valence-electron chi connectivity index (χ0n) is 12.3. The number of hydrogen-bond acceptors (Lipinski definition) is 4. The van der Waals surface area contributed by atoms with Gasteiger partial charge in [-0.25, -0.2) is 9.97 Å². The Morgan fingerprint density at radius 1 is 1.27 bits per heavy atom. The summed E-state index contributed by atoms with van der Waals surface area (Å²) in [6, 6.07) is 5.65. The third-order valence-electron chi connectivity index (χ3n) is 3.87. The first-order chi connectivity index (χ1) is 10.6. The Kier molecular flexibility index (Phi) is 4.81. The molecule has 2 heterocycles. The van der Waals surface area contributed by atoms with Crippen LogP contribution in [0.2, 0.25) is 10.0 Å². The average Bonchev–Trinajstić information content (AvgIpc) is 3.00. The number of rotatable bonds is 4. The van der Waals surface area contributed by atoms with Gasteiger partial charge in [0.2, 0.25) is 0 Å². The standard InChI is InChI=1S/C16H17Cl2N3O/c1-10-4-12(17)5-14(18)13(10)7-19-16-6-15(20-9-21-16)11-2-3-22-8-11/h4-6,9,11H,2-3,7-8H2,1H3,(H,19,20,21). The Bertz CT molecular complexity index is 649. The predicted molar refractivity (Wildman–Crippen MR) is 88.7 cm³/mol. The van der Waals surface area contributed by atoms with Crippen molar-refractivity contribution in [1.82, 2.24) is 9.97 Å². The molecule has 116 valence electrons. The SMILES string of the molecule is Cc1cc(Cl)cc(Cl)c1CNc1cc(C2CCOC2)ncn1. The van der Waals surface area contributed by atoms with Gasteiger partial charge < -0.3 is 10.1 Å². The van der Waals surface area contributed by atoms with Gasteiger partial charge in [0.15, 0.2) is 0 Å². The van der Waals surface area contributed by atoms with E-state index in [1.165, 1.54) is 0 Å². The number of anilines is 1. The molecule has 0 aliphatic carbocycles. The van der Waals surface area contributed by atoms with Crippen LogP contribution >= 0.6 is 23.2 Å². The highest BCUT2D eigenvalue weighted by Crippen LogP contribution is 2.27. The number of aromatic nitrogens is 2. The molecule has 2 aromatic rings. The maximum Gasteiger partial charge on any atom is 0.129 e. The Morgan fingerprint density at radius 2 is 2.14 bits per heavy atom. The van der Waals surface area contributed by atoms with Crippen molar-refractivity contribution in [3.8, 4) is 0 Å². The number of aryl methyl sites for hydroxylation is 1. The van der Waals surface area contributed by atoms with Gasteiger partial charge in [0.05, 0.1) is 12.3 Å². The van der Waals surface area contributed by atoms with Gasteiger partial charge in [0.1, 0.15) is 12.1 Å². The van der Waals surface area contributed by atoms with Gasteiger partial charge in [0, 0.05) is 35.2 Å². The summed E-state index contributed by atoms with van der Waals surface area (Å²) in [4.78, 5) is 8.62. The van der Waals surface area contributed by atoms with Crippen molar-refractivity contribution < 1.29 is 4.74 Å². The van der Waals surface area contributed by atoms with Crippen molar-refractivity contribution in [3.63, 3.8) is 0 Å². The van der Waals surface area contributed by atoms with Crippen molar-refractivity contribution >= 4 is 29.0 Å². The number of nitrogens with zero attached hydrogens (tertiary/aromatic N) is 2. The van der Waals surface area contributed by atoms with E-state index in [4.69, 9.17) is 27.9 Å². The normalized spacial score (nSPS) is 17.7. The van der Waals surface area contributed by atoms with Crippen LogP contribution in [0.5, 0.6) is 0 Å². The van der Waals surface area contributed by atoms with Crippen molar-refractivity contribution in [2.24, 2.45) is 0 Å². The van der Waals surface area contributed by atoms with Crippen molar-refractivity contribution in [1.29, 1.82) is 0 Å². The van der Waals surface area contributed by atoms with E-state index in [9.17, 15) is 0 Å². The second-order valence-corrected chi connectivity index (χ2v) is 6.27. The molecule has 0 spiro atoms. The van der Waals surface area contributed by atoms with E-state index in [0.717, 1.165) is 42.3 Å². The molecule has 22 heavy (non-hydrogen) atoms. The van der Waals surface area contributed by atoms with Gasteiger partial charge in [-0.05, 0) is 36.6 Å². The molecule has 1 atom stereocenters. The van der Waals surface area contributed by atoms with Crippen LogP contribution in [0.15, 0.2) is 24.5 Å². The van der Waals surface area contributed by atoms with Crippen LogP contribution in [0.4, 0.5) is 5.82 Å². The molecule has 1 aromatic carbocycles. The smallest absolute Gasteiger partial charge is 0.129 e. The van der Waals surface area contributed by atoms with E-state index in [0.29, 0.717) is 22.5 Å². The summed E-state index contributed by atoms with van der Waals surface area (Å²) >= 11 is 12.3. The van der Waals surface area contributed by atoms with Crippen LogP contribution in [0, 0.1) is 6.92 Å². The molecular weight excluding hydrogens is 321 g/mol. The lowest BCUT2D eigenvalue weighted by atomic mass is 10.0. The van der Waals surface area contributed by atoms with E-state index >= 15 is 0 Å². The van der Waals surface area contributed by atoms with Gasteiger partial charge in [0.25, 0.3) is 0 Å². The first-order valence-corrected chi connectivity index (χ1v) is 7.97. The van der Waals surface area contributed by atoms with Crippen LogP contribution in [0.1, 0.15) is 29.2 Å². The molecule has 3 rings (SSSR count). The highest BCUT2D eigenvalue weighted by Gasteiger charge is 2.19. The Morgan fingerprint density at radius 3 is 2.86 bits per heavy atom. The molecule has 0 saturated carbocycles. The van der Waals surface area contributed by atoms with Gasteiger partial charge in [-0.1, -0.05) is 23.2 Å². The third-order valence-corrected chi connectivity index (χ3v) is 4.42. The Hall–Kier alpha value is -1.36. The summed E-state index contributed by atoms with van der Waals surface area (Å²) in [5, 5.41) is 4.62. The summed E-state index contributed by atoms with van der Waals surface area (Å²) < 4.78 is 5.41. The van der Waals surface area contributed by atoms with E-state index < -0.39 is 0 Å². The Labute approximate surface area is 139 Å². The fourth-order valence-electron chi connectivity index (χ4n) is 2.60. The largest absolute Gasteiger partial charge is 0.381 e. The fourth-order valence-corrected chi connectivity index (χ4v) is 3.26. The molecule has 1 fully saturated rings. The highest BCUT2D eigenvalue weighted by molar-refractivity contribution is 6.35. The van der Waals surface area contributed by atoms with Crippen molar-refractivity contribution in [2.45, 2.75) is 25.8 Å². The molecule has 0 amide bonds. The summed E-state index contributed by atoms with van der Waals surface area (Å²) in [6.45, 7) is 4.13. The first-order valence-electron chi connectivity index (χ1n) is 7.21. The number of nitrogens with one attached hydrogen (secondary N) is 1. The van der Waals surface area contributed by atoms with Crippen LogP contribution in [-0.4, -0.2) is 23.2 Å². The molecule has 4 nitrogen and oxygen atoms in total. The summed E-state index contributed by atoms with van der Waals surface area (Å²) in [5.74, 6) is 1.16. The summed E-state index contributed by atoms with van der Waals surface area (Å²) in [6.07, 6.45) is 2.60. The molecule has 1 unspecified atom stereocenters. The monoisotopic (exact) mass is 337 g/mol. The third kappa shape index (κ3) is 3.51. The molecule has 1 N–H and O–H groups in total. The lowest BCUT2D eigenvalue weighted by Crippen LogP contribution is -2.07. The minimum atomic E-state index is 0.365. The lowest BCUT2D eigenvalue weighted by Gasteiger charge is -2.12. The molecule has 0 bridgehead atoms. The van der Waals surface area contributed by atoms with Gasteiger partial charge in [-0.2, -0.15) is 0 Å². The molecule has 0 radical (unpaired) electrons. The van der Waals surface area contributed by atoms with Crippen LogP contribution in [-0.2, 0) is 11.3 Å². The summed E-state index contributed by atoms with van der Waals surface area (Å²) in [7, 11) is 0. The van der Waals surface area contributed by atoms with Crippen molar-refractivity contribution in [2.75, 3.05) is 18.5 Å². The van der Waals surface area contributed by atoms with Gasteiger partial charge in [-0.15, -0.1) is 0 Å². The zero-order chi connectivity index (χ0) is 15.5. The number of halogens is 2. The minimum absolute atomic E-state index is 0.365. The molecule has 1 aromatic heterocycles. The quantitative estimate of drug-likeness (QED) is 0.907. The molecule has 1 saturated heterocycles. The van der Waals surface area contributed by atoms with Crippen LogP contribution < -0.4 is 5.32 Å². The fraction of sp³-hybridized carbons (Fsp3) is 0.375. The van der Waals surface area contributed by atoms with E-state index in [1.54, 1.807) is 12.4 Å². The average molecular weight is 338 g/mol. The first kappa shape index (κ1) is 15.5. The van der Waals surface area contributed by atoms with E-state index in [-0.39, 0.29) is 0 Å². The predicted octanol–water partition coefficient (Wildman–Crippen LogP) is 4.21. The number of benzene rings is 1. The Balaban J connectivity index is 1.73. The second-order valence-electron chi connectivity index (χ2n) is 5.43. The maximum absolute atomic E-state index is 6.26. The molecule has 6 heteroatoms. The van der Waals surface area contributed by atoms with E-state index in [1.807, 2.05) is 19.1 Å². The molecule has 1 aliphatic rings. The molecule has 1 aliphatic heterocycles. The second kappa shape index (κ2) is 6.82. The number of ether oxygens (including phenoxy) is 1. The number of hydrogen-bond donors (Lipinski definition) is 1. The zero-order valence-corrected chi connectivity index (χ0v) is 13.8. The van der Waals surface area contributed by atoms with Crippen LogP contribution in [0.25, 0.3) is 0 Å². The lowest BCUT2D eigenvalue weighted by molar-refractivity contribution is 0.193. The van der Waals surface area contributed by atoms with Gasteiger partial charge >= 0.3 is 0 Å². The van der Waals surface area contributed by atoms with Gasteiger partial charge in [-0.3, -0.25) is 0 Å². The molecular formula is C16H17Cl2N3O. The minimum Gasteiger partial charge on any atom is -0.381 e. The van der Waals surface area contributed by atoms with Crippen LogP contribution in [0.3, 0.4) is 0 Å². The van der Waals surface area contributed by atoms with Crippen molar-refractivity contribution in [3.05, 3.63) is 51.4 Å². The summed E-state index contributed by atoms with van der Waals surface area (Å²) in [5.41, 5.74) is 3.10.